The van der Waals surface area contributed by atoms with Crippen LogP contribution in [-0.4, -0.2) is 20.3 Å². The summed E-state index contributed by atoms with van der Waals surface area (Å²) >= 11 is 0. The van der Waals surface area contributed by atoms with Gasteiger partial charge in [0.05, 0.1) is 11.6 Å². The minimum atomic E-state index is -0.414. The van der Waals surface area contributed by atoms with Crippen LogP contribution in [0.2, 0.25) is 0 Å². The Hall–Kier alpha value is -2.99. The van der Waals surface area contributed by atoms with E-state index in [4.69, 9.17) is 10.3 Å². The summed E-state index contributed by atoms with van der Waals surface area (Å²) in [6.45, 7) is 4.37. The van der Waals surface area contributed by atoms with Crippen molar-refractivity contribution in [2.24, 2.45) is 11.7 Å². The Labute approximate surface area is 151 Å². The second-order valence-corrected chi connectivity index (χ2v) is 6.88. The Kier molecular flexibility index (Phi) is 4.26. The Bertz CT molecular complexity index is 1020. The third-order valence-electron chi connectivity index (χ3n) is 4.37. The van der Waals surface area contributed by atoms with Crippen molar-refractivity contribution in [2.45, 2.75) is 26.3 Å². The first-order valence-electron chi connectivity index (χ1n) is 8.73. The highest BCUT2D eigenvalue weighted by atomic mass is 16.5. The molecule has 0 fully saturated rings. The molecule has 0 amide bonds. The van der Waals surface area contributed by atoms with Crippen LogP contribution in [0.15, 0.2) is 53.1 Å². The van der Waals surface area contributed by atoms with Gasteiger partial charge in [-0.15, -0.1) is 0 Å². The molecule has 0 aliphatic heterocycles. The van der Waals surface area contributed by atoms with E-state index in [1.807, 2.05) is 48.5 Å². The van der Waals surface area contributed by atoms with Gasteiger partial charge in [-0.05, 0) is 36.1 Å². The van der Waals surface area contributed by atoms with Crippen LogP contribution in [0, 0.1) is 5.92 Å². The van der Waals surface area contributed by atoms with Gasteiger partial charge in [-0.3, -0.25) is 5.10 Å². The van der Waals surface area contributed by atoms with E-state index in [-0.39, 0.29) is 0 Å². The first-order chi connectivity index (χ1) is 12.6. The van der Waals surface area contributed by atoms with Crippen molar-refractivity contribution in [2.75, 3.05) is 0 Å². The van der Waals surface area contributed by atoms with Gasteiger partial charge in [0.2, 0.25) is 0 Å². The lowest BCUT2D eigenvalue weighted by Crippen LogP contribution is -2.13. The largest absolute Gasteiger partial charge is 0.334 e. The van der Waals surface area contributed by atoms with Gasteiger partial charge in [0.25, 0.3) is 5.89 Å². The summed E-state index contributed by atoms with van der Waals surface area (Å²) in [6.07, 6.45) is 0.938. The fraction of sp³-hybridized carbons (Fsp3) is 0.250. The quantitative estimate of drug-likeness (QED) is 0.572. The normalized spacial score (nSPS) is 12.8. The van der Waals surface area contributed by atoms with Crippen LogP contribution in [0.25, 0.3) is 22.4 Å². The Balaban J connectivity index is 1.67. The van der Waals surface area contributed by atoms with E-state index in [0.717, 1.165) is 34.1 Å². The number of rotatable bonds is 5. The van der Waals surface area contributed by atoms with Crippen LogP contribution in [0.3, 0.4) is 0 Å². The molecule has 2 heterocycles. The summed E-state index contributed by atoms with van der Waals surface area (Å²) in [6, 6.07) is 15.3. The first-order valence-corrected chi connectivity index (χ1v) is 8.73. The molecule has 3 N–H and O–H groups in total. The molecule has 26 heavy (non-hydrogen) atoms. The minimum absolute atomic E-state index is 0.414. The van der Waals surface area contributed by atoms with Crippen molar-refractivity contribution in [3.63, 3.8) is 0 Å². The highest BCUT2D eigenvalue weighted by Gasteiger charge is 2.18. The molecular formula is C20H21N5O. The Morgan fingerprint density at radius 3 is 2.69 bits per heavy atom. The van der Waals surface area contributed by atoms with Crippen molar-refractivity contribution in [1.82, 2.24) is 20.3 Å². The molecule has 0 bridgehead atoms. The number of aromatic nitrogens is 4. The number of H-pyrrole nitrogens is 1. The van der Waals surface area contributed by atoms with Gasteiger partial charge in [0, 0.05) is 16.6 Å². The zero-order valence-electron chi connectivity index (χ0n) is 14.8. The monoisotopic (exact) mass is 347 g/mol. The average Bonchev–Trinajstić information content (AvgIpc) is 3.29. The standard InChI is InChI=1S/C20H21N5O/c1-12(2)10-17-15-11-14(8-9-16(15)23-24-17)20-22-19(25-26-20)18(21)13-6-4-3-5-7-13/h3-9,11-12,18H,10,21H2,1-2H3,(H,23,24). The molecule has 0 aliphatic carbocycles. The third kappa shape index (κ3) is 3.11. The van der Waals surface area contributed by atoms with E-state index in [1.165, 1.54) is 0 Å². The highest BCUT2D eigenvalue weighted by molar-refractivity contribution is 5.85. The maximum Gasteiger partial charge on any atom is 0.258 e. The maximum absolute atomic E-state index is 6.26. The van der Waals surface area contributed by atoms with E-state index < -0.39 is 6.04 Å². The van der Waals surface area contributed by atoms with Gasteiger partial charge in [0.1, 0.15) is 0 Å². The third-order valence-corrected chi connectivity index (χ3v) is 4.37. The van der Waals surface area contributed by atoms with E-state index in [9.17, 15) is 0 Å². The summed E-state index contributed by atoms with van der Waals surface area (Å²) in [7, 11) is 0. The van der Waals surface area contributed by atoms with Crippen molar-refractivity contribution >= 4 is 10.9 Å². The molecule has 0 radical (unpaired) electrons. The number of nitrogens with one attached hydrogen (secondary N) is 1. The van der Waals surface area contributed by atoms with E-state index in [1.54, 1.807) is 0 Å². The summed E-state index contributed by atoms with van der Waals surface area (Å²) in [5, 5.41) is 12.7. The fourth-order valence-electron chi connectivity index (χ4n) is 3.05. The lowest BCUT2D eigenvalue weighted by molar-refractivity contribution is 0.419. The molecule has 0 aliphatic rings. The molecule has 2 aromatic heterocycles. The number of hydrogen-bond donors (Lipinski definition) is 2. The first kappa shape index (κ1) is 16.5. The lowest BCUT2D eigenvalue weighted by atomic mass is 10.0. The van der Waals surface area contributed by atoms with Crippen molar-refractivity contribution in [3.05, 3.63) is 65.6 Å². The van der Waals surface area contributed by atoms with Crippen LogP contribution in [0.5, 0.6) is 0 Å². The van der Waals surface area contributed by atoms with Crippen molar-refractivity contribution < 1.29 is 4.52 Å². The zero-order chi connectivity index (χ0) is 18.1. The molecule has 2 aromatic carbocycles. The van der Waals surface area contributed by atoms with Gasteiger partial charge in [-0.25, -0.2) is 0 Å². The molecular weight excluding hydrogens is 326 g/mol. The molecule has 6 nitrogen and oxygen atoms in total. The molecule has 0 spiro atoms. The van der Waals surface area contributed by atoms with Gasteiger partial charge in [-0.1, -0.05) is 49.3 Å². The highest BCUT2D eigenvalue weighted by Crippen LogP contribution is 2.27. The predicted octanol–water partition coefficient (Wildman–Crippen LogP) is 3.86. The second-order valence-electron chi connectivity index (χ2n) is 6.88. The van der Waals surface area contributed by atoms with Crippen molar-refractivity contribution in [1.29, 1.82) is 0 Å². The number of benzene rings is 2. The molecule has 1 atom stereocenters. The van der Waals surface area contributed by atoms with Crippen LogP contribution in [-0.2, 0) is 6.42 Å². The van der Waals surface area contributed by atoms with Crippen LogP contribution >= 0.6 is 0 Å². The van der Waals surface area contributed by atoms with Crippen molar-refractivity contribution in [3.8, 4) is 11.5 Å². The SMILES string of the molecule is CC(C)Cc1[nH]nc2ccc(-c3nc(C(N)c4ccccc4)no3)cc12. The molecule has 1 unspecified atom stereocenters. The summed E-state index contributed by atoms with van der Waals surface area (Å²) < 4.78 is 5.47. The van der Waals surface area contributed by atoms with Crippen LogP contribution < -0.4 is 5.73 Å². The lowest BCUT2D eigenvalue weighted by Gasteiger charge is -2.06. The smallest absolute Gasteiger partial charge is 0.258 e. The predicted molar refractivity (Wildman–Crippen MR) is 100 cm³/mol. The number of aromatic amines is 1. The van der Waals surface area contributed by atoms with E-state index >= 15 is 0 Å². The van der Waals surface area contributed by atoms with Gasteiger partial charge in [-0.2, -0.15) is 10.1 Å². The van der Waals surface area contributed by atoms with Crippen LogP contribution in [0.1, 0.15) is 37.0 Å². The molecule has 4 aromatic rings. The Morgan fingerprint density at radius 2 is 1.92 bits per heavy atom. The topological polar surface area (TPSA) is 93.6 Å². The van der Waals surface area contributed by atoms with Crippen LogP contribution in [0.4, 0.5) is 0 Å². The van der Waals surface area contributed by atoms with Gasteiger partial charge in [0.15, 0.2) is 5.82 Å². The molecule has 132 valence electrons. The maximum atomic E-state index is 6.26. The number of fused-ring (bicyclic) bond motifs is 1. The van der Waals surface area contributed by atoms with E-state index in [2.05, 4.69) is 34.2 Å². The molecule has 6 heteroatoms. The minimum Gasteiger partial charge on any atom is -0.334 e. The fourth-order valence-corrected chi connectivity index (χ4v) is 3.05. The molecule has 0 saturated carbocycles. The summed E-state index contributed by atoms with van der Waals surface area (Å²) in [5.74, 6) is 1.48. The summed E-state index contributed by atoms with van der Waals surface area (Å²) in [5.41, 5.74) is 10.1. The number of nitrogens with two attached hydrogens (primary N) is 1. The average molecular weight is 347 g/mol. The van der Waals surface area contributed by atoms with Gasteiger partial charge < -0.3 is 10.3 Å². The zero-order valence-corrected chi connectivity index (χ0v) is 14.8. The second kappa shape index (κ2) is 6.72. The Morgan fingerprint density at radius 1 is 1.12 bits per heavy atom. The van der Waals surface area contributed by atoms with Gasteiger partial charge >= 0.3 is 0 Å². The number of nitrogens with zero attached hydrogens (tertiary/aromatic N) is 3. The van der Waals surface area contributed by atoms with E-state index in [0.29, 0.717) is 17.6 Å². The number of hydrogen-bond acceptors (Lipinski definition) is 5. The molecule has 0 saturated heterocycles. The summed E-state index contributed by atoms with van der Waals surface area (Å²) in [4.78, 5) is 4.51. The molecule has 4 rings (SSSR count).